The maximum absolute atomic E-state index is 12.6. The van der Waals surface area contributed by atoms with E-state index in [0.29, 0.717) is 59.5 Å². The van der Waals surface area contributed by atoms with Crippen LogP contribution in [0, 0.1) is 0 Å². The predicted octanol–water partition coefficient (Wildman–Crippen LogP) is 2.38. The summed E-state index contributed by atoms with van der Waals surface area (Å²) >= 11 is 12.2. The Labute approximate surface area is 163 Å². The lowest BCUT2D eigenvalue weighted by atomic mass is 10.1. The van der Waals surface area contributed by atoms with Crippen LogP contribution < -0.4 is 0 Å². The van der Waals surface area contributed by atoms with Gasteiger partial charge in [-0.1, -0.05) is 23.2 Å². The number of morpholine rings is 1. The summed E-state index contributed by atoms with van der Waals surface area (Å²) in [7, 11) is 0. The summed E-state index contributed by atoms with van der Waals surface area (Å²) in [6.45, 7) is 1.89. The van der Waals surface area contributed by atoms with Crippen molar-refractivity contribution in [1.29, 1.82) is 0 Å². The van der Waals surface area contributed by atoms with Gasteiger partial charge in [-0.05, 0) is 18.2 Å². The molecule has 0 aliphatic carbocycles. The van der Waals surface area contributed by atoms with Gasteiger partial charge in [0, 0.05) is 29.7 Å². The molecule has 1 saturated heterocycles. The van der Waals surface area contributed by atoms with Crippen molar-refractivity contribution in [2.75, 3.05) is 26.3 Å². The van der Waals surface area contributed by atoms with Gasteiger partial charge in [0.1, 0.15) is 0 Å². The molecule has 3 aromatic rings. The van der Waals surface area contributed by atoms with Crippen LogP contribution in [0.1, 0.15) is 21.2 Å². The highest BCUT2D eigenvalue weighted by Gasteiger charge is 2.23. The first kappa shape index (κ1) is 17.8. The van der Waals surface area contributed by atoms with Crippen LogP contribution in [-0.2, 0) is 4.74 Å². The van der Waals surface area contributed by atoms with Crippen LogP contribution in [0.2, 0.25) is 10.0 Å². The molecule has 8 nitrogen and oxygen atoms in total. The second-order valence-electron chi connectivity index (χ2n) is 5.85. The van der Waals surface area contributed by atoms with Gasteiger partial charge in [-0.3, -0.25) is 9.59 Å². The summed E-state index contributed by atoms with van der Waals surface area (Å²) in [5.41, 5.74) is 1.35. The van der Waals surface area contributed by atoms with E-state index in [4.69, 9.17) is 27.9 Å². The van der Waals surface area contributed by atoms with E-state index in [1.165, 1.54) is 4.52 Å². The minimum Gasteiger partial charge on any atom is -0.378 e. The van der Waals surface area contributed by atoms with Crippen LogP contribution in [0.15, 0.2) is 24.3 Å². The Morgan fingerprint density at radius 3 is 2.63 bits per heavy atom. The van der Waals surface area contributed by atoms with E-state index < -0.39 is 0 Å². The van der Waals surface area contributed by atoms with Crippen molar-refractivity contribution in [1.82, 2.24) is 24.5 Å². The number of benzene rings is 1. The molecule has 0 spiro atoms. The second-order valence-corrected chi connectivity index (χ2v) is 6.70. The van der Waals surface area contributed by atoms with Crippen molar-refractivity contribution in [2.45, 2.75) is 0 Å². The quantitative estimate of drug-likeness (QED) is 0.621. The van der Waals surface area contributed by atoms with Gasteiger partial charge in [-0.15, -0.1) is 5.10 Å². The lowest BCUT2D eigenvalue weighted by Crippen LogP contribution is -2.41. The number of hydrogen-bond donors (Lipinski definition) is 0. The third-order valence-corrected chi connectivity index (χ3v) is 4.70. The van der Waals surface area contributed by atoms with Crippen LogP contribution >= 0.6 is 23.2 Å². The number of nitrogens with zero attached hydrogens (tertiary/aromatic N) is 5. The molecule has 0 bridgehead atoms. The normalized spacial score (nSPS) is 14.5. The van der Waals surface area contributed by atoms with Gasteiger partial charge >= 0.3 is 0 Å². The summed E-state index contributed by atoms with van der Waals surface area (Å²) in [6.07, 6.45) is 0.554. The first-order valence-corrected chi connectivity index (χ1v) is 8.88. The van der Waals surface area contributed by atoms with Gasteiger partial charge in [0.2, 0.25) is 5.82 Å². The number of hydrogen-bond acceptors (Lipinski definition) is 6. The zero-order valence-electron chi connectivity index (χ0n) is 13.9. The standard InChI is InChI=1S/C17H13Cl2N5O3/c18-10-1-2-11(12(19)7-10)13-8-14-21-16(22-24(14)15(9-25)20-13)17(26)23-3-5-27-6-4-23/h1-2,7-9H,3-6H2. The number of carbonyl (C=O) groups excluding carboxylic acids is 2. The zero-order chi connectivity index (χ0) is 19.0. The molecule has 10 heteroatoms. The molecular formula is C17H13Cl2N5O3. The van der Waals surface area contributed by atoms with Gasteiger partial charge in [-0.2, -0.15) is 4.52 Å². The second kappa shape index (κ2) is 7.22. The fourth-order valence-electron chi connectivity index (χ4n) is 2.82. The summed E-state index contributed by atoms with van der Waals surface area (Å²) in [6, 6.07) is 6.58. The molecule has 1 aliphatic heterocycles. The Kier molecular flexibility index (Phi) is 4.77. The van der Waals surface area contributed by atoms with Crippen molar-refractivity contribution in [3.63, 3.8) is 0 Å². The molecular weight excluding hydrogens is 393 g/mol. The summed E-state index contributed by atoms with van der Waals surface area (Å²) in [5.74, 6) is -0.298. The molecule has 1 amide bonds. The number of amides is 1. The summed E-state index contributed by atoms with van der Waals surface area (Å²) in [5, 5.41) is 5.03. The monoisotopic (exact) mass is 405 g/mol. The fourth-order valence-corrected chi connectivity index (χ4v) is 3.33. The molecule has 3 heterocycles. The van der Waals surface area contributed by atoms with Crippen LogP contribution in [0.5, 0.6) is 0 Å². The van der Waals surface area contributed by atoms with Gasteiger partial charge in [0.25, 0.3) is 5.91 Å². The number of carbonyl (C=O) groups is 2. The highest BCUT2D eigenvalue weighted by Crippen LogP contribution is 2.29. The third-order valence-electron chi connectivity index (χ3n) is 4.15. The fraction of sp³-hybridized carbons (Fsp3) is 0.235. The molecule has 27 heavy (non-hydrogen) atoms. The minimum atomic E-state index is -0.315. The van der Waals surface area contributed by atoms with Crippen LogP contribution in [-0.4, -0.2) is 63.0 Å². The van der Waals surface area contributed by atoms with E-state index in [0.717, 1.165) is 0 Å². The lowest BCUT2D eigenvalue weighted by Gasteiger charge is -2.25. The van der Waals surface area contributed by atoms with E-state index >= 15 is 0 Å². The molecule has 1 aliphatic rings. The summed E-state index contributed by atoms with van der Waals surface area (Å²) < 4.78 is 6.49. The highest BCUT2D eigenvalue weighted by atomic mass is 35.5. The Morgan fingerprint density at radius 2 is 1.93 bits per heavy atom. The van der Waals surface area contributed by atoms with E-state index in [-0.39, 0.29) is 17.6 Å². The smallest absolute Gasteiger partial charge is 0.293 e. The van der Waals surface area contributed by atoms with Gasteiger partial charge < -0.3 is 9.64 Å². The topological polar surface area (TPSA) is 89.7 Å². The molecule has 0 atom stereocenters. The maximum atomic E-state index is 12.6. The minimum absolute atomic E-state index is 0.00107. The predicted molar refractivity (Wildman–Crippen MR) is 98.3 cm³/mol. The van der Waals surface area contributed by atoms with Crippen molar-refractivity contribution >= 4 is 41.0 Å². The molecule has 0 radical (unpaired) electrons. The Bertz CT molecular complexity index is 1050. The number of aldehydes is 1. The van der Waals surface area contributed by atoms with Crippen LogP contribution in [0.4, 0.5) is 0 Å². The van der Waals surface area contributed by atoms with Gasteiger partial charge in [0.15, 0.2) is 17.8 Å². The van der Waals surface area contributed by atoms with E-state index in [2.05, 4.69) is 15.1 Å². The Balaban J connectivity index is 1.78. The van der Waals surface area contributed by atoms with Crippen molar-refractivity contribution < 1.29 is 14.3 Å². The molecule has 1 aromatic carbocycles. The molecule has 0 saturated carbocycles. The molecule has 1 fully saturated rings. The number of aromatic nitrogens is 4. The van der Waals surface area contributed by atoms with Crippen LogP contribution in [0.25, 0.3) is 16.9 Å². The summed E-state index contributed by atoms with van der Waals surface area (Å²) in [4.78, 5) is 34.3. The largest absolute Gasteiger partial charge is 0.378 e. The van der Waals surface area contributed by atoms with Crippen LogP contribution in [0.3, 0.4) is 0 Å². The molecule has 0 N–H and O–H groups in total. The van der Waals surface area contributed by atoms with E-state index in [1.54, 1.807) is 29.2 Å². The van der Waals surface area contributed by atoms with Gasteiger partial charge in [0.05, 0.1) is 23.9 Å². The number of fused-ring (bicyclic) bond motifs is 1. The molecule has 4 rings (SSSR count). The van der Waals surface area contributed by atoms with E-state index in [9.17, 15) is 9.59 Å². The third kappa shape index (κ3) is 3.39. The van der Waals surface area contributed by atoms with Gasteiger partial charge in [-0.25, -0.2) is 9.97 Å². The number of halogens is 2. The number of ether oxygens (including phenoxy) is 1. The molecule has 138 valence electrons. The van der Waals surface area contributed by atoms with Crippen molar-refractivity contribution in [3.05, 3.63) is 46.0 Å². The first-order valence-electron chi connectivity index (χ1n) is 8.12. The van der Waals surface area contributed by atoms with Crippen molar-refractivity contribution in [2.24, 2.45) is 0 Å². The van der Waals surface area contributed by atoms with E-state index in [1.807, 2.05) is 0 Å². The Morgan fingerprint density at radius 1 is 1.15 bits per heavy atom. The average molecular weight is 406 g/mol. The maximum Gasteiger partial charge on any atom is 0.293 e. The first-order chi connectivity index (χ1) is 13.1. The number of rotatable bonds is 3. The average Bonchev–Trinajstić information content (AvgIpc) is 3.11. The molecule has 2 aromatic heterocycles. The SMILES string of the molecule is O=Cc1nc(-c2ccc(Cl)cc2Cl)cc2nc(C(=O)N3CCOCC3)nn12. The zero-order valence-corrected chi connectivity index (χ0v) is 15.4. The van der Waals surface area contributed by atoms with Crippen molar-refractivity contribution in [3.8, 4) is 11.3 Å². The lowest BCUT2D eigenvalue weighted by molar-refractivity contribution is 0.0295. The Hall–Kier alpha value is -2.55. The highest BCUT2D eigenvalue weighted by molar-refractivity contribution is 6.36. The molecule has 0 unspecified atom stereocenters.